The van der Waals surface area contributed by atoms with Gasteiger partial charge in [0.05, 0.1) is 21.8 Å². The summed E-state index contributed by atoms with van der Waals surface area (Å²) in [5.74, 6) is 0.305. The van der Waals surface area contributed by atoms with Crippen LogP contribution in [0.3, 0.4) is 0 Å². The lowest BCUT2D eigenvalue weighted by molar-refractivity contribution is -0.00556. The summed E-state index contributed by atoms with van der Waals surface area (Å²) in [6.07, 6.45) is 8.02. The molecule has 0 N–H and O–H groups in total. The second-order valence-electron chi connectivity index (χ2n) is 11.2. The normalized spacial score (nSPS) is 19.4. The van der Waals surface area contributed by atoms with Crippen molar-refractivity contribution in [1.29, 1.82) is 0 Å². The maximum Gasteiger partial charge on any atom is 0.273 e. The van der Waals surface area contributed by atoms with Crippen molar-refractivity contribution in [2.75, 3.05) is 32.4 Å². The van der Waals surface area contributed by atoms with Gasteiger partial charge >= 0.3 is 0 Å². The summed E-state index contributed by atoms with van der Waals surface area (Å²) in [4.78, 5) is 30.9. The molecule has 5 rings (SSSR count). The van der Waals surface area contributed by atoms with E-state index in [-0.39, 0.29) is 23.5 Å². The van der Waals surface area contributed by atoms with Crippen LogP contribution >= 0.6 is 11.3 Å². The number of amides is 1. The maximum atomic E-state index is 13.3. The predicted molar refractivity (Wildman–Crippen MR) is 154 cm³/mol. The highest BCUT2D eigenvalue weighted by Crippen LogP contribution is 2.39. The quantitative estimate of drug-likeness (QED) is 0.401. The summed E-state index contributed by atoms with van der Waals surface area (Å²) in [6.45, 7) is 9.37. The third kappa shape index (κ3) is 6.06. The predicted octanol–water partition coefficient (Wildman–Crippen LogP) is 4.48. The zero-order valence-electron chi connectivity index (χ0n) is 23.5. The first-order chi connectivity index (χ1) is 19.0. The molecule has 2 aromatic heterocycles. The molecule has 0 radical (unpaired) electrons. The Hall–Kier alpha value is -2.89. The van der Waals surface area contributed by atoms with Gasteiger partial charge in [0.1, 0.15) is 12.4 Å². The smallest absolute Gasteiger partial charge is 0.273 e. The van der Waals surface area contributed by atoms with Gasteiger partial charge in [0.2, 0.25) is 0 Å². The lowest BCUT2D eigenvalue weighted by atomic mass is 9.82. The van der Waals surface area contributed by atoms with Crippen LogP contribution in [0.4, 0.5) is 0 Å². The molecule has 9 nitrogen and oxygen atoms in total. The highest BCUT2D eigenvalue weighted by atomic mass is 32.2. The summed E-state index contributed by atoms with van der Waals surface area (Å²) in [5, 5.41) is 2.52. The fourth-order valence-corrected chi connectivity index (χ4v) is 7.18. The van der Waals surface area contributed by atoms with E-state index in [1.165, 1.54) is 23.9 Å². The molecule has 1 aromatic carbocycles. The number of nitrogens with zero attached hydrogens (tertiary/aromatic N) is 5. The molecule has 2 saturated heterocycles. The Morgan fingerprint density at radius 2 is 1.65 bits per heavy atom. The van der Waals surface area contributed by atoms with Gasteiger partial charge in [-0.05, 0) is 77.2 Å². The zero-order chi connectivity index (χ0) is 28.5. The van der Waals surface area contributed by atoms with E-state index < -0.39 is 9.84 Å². The van der Waals surface area contributed by atoms with Crippen LogP contribution in [-0.2, 0) is 9.84 Å². The molecule has 0 bridgehead atoms. The average Bonchev–Trinajstić information content (AvgIpc) is 3.45. The van der Waals surface area contributed by atoms with E-state index in [9.17, 15) is 13.2 Å². The van der Waals surface area contributed by atoms with E-state index in [1.54, 1.807) is 18.3 Å². The van der Waals surface area contributed by atoms with Gasteiger partial charge < -0.3 is 9.64 Å². The Morgan fingerprint density at radius 3 is 2.20 bits per heavy atom. The molecule has 0 aliphatic carbocycles. The number of hydrogen-bond donors (Lipinski definition) is 0. The molecule has 3 aromatic rings. The van der Waals surface area contributed by atoms with Gasteiger partial charge in [0.25, 0.3) is 11.1 Å². The molecule has 11 heteroatoms. The maximum absolute atomic E-state index is 13.3. The molecule has 1 unspecified atom stereocenters. The Balaban J connectivity index is 1.24. The lowest BCUT2D eigenvalue weighted by Gasteiger charge is -2.49. The standard InChI is InChI=1S/C29H37N5O4S2/c1-20-25(21(2)32-19-31-20)27(35)33-16-11-29(3,12-17-33)34-14-9-23(10-15-34)26(38-28-30-13-18-39-28)22-5-7-24(8-6-22)40(4,36)37/h5-8,13,18-19,23,26H,9-12,14-17H2,1-4H3. The van der Waals surface area contributed by atoms with Crippen molar-refractivity contribution in [2.45, 2.75) is 63.0 Å². The Kier molecular flexibility index (Phi) is 8.26. The van der Waals surface area contributed by atoms with Crippen molar-refractivity contribution >= 4 is 27.1 Å². The molecule has 214 valence electrons. The van der Waals surface area contributed by atoms with Gasteiger partial charge in [-0.2, -0.15) is 0 Å². The van der Waals surface area contributed by atoms with E-state index in [0.717, 1.165) is 55.7 Å². The molecular formula is C29H37N5O4S2. The number of aromatic nitrogens is 3. The fourth-order valence-electron chi connectivity index (χ4n) is 6.03. The second kappa shape index (κ2) is 11.5. The van der Waals surface area contributed by atoms with Crippen LogP contribution in [0.1, 0.15) is 66.0 Å². The molecule has 1 atom stereocenters. The number of hydrogen-bond acceptors (Lipinski definition) is 9. The Bertz CT molecular complexity index is 1410. The van der Waals surface area contributed by atoms with E-state index in [0.29, 0.717) is 28.7 Å². The SMILES string of the molecule is Cc1ncnc(C)c1C(=O)N1CCC(C)(N2CCC(C(Oc3nccs3)c3ccc(S(C)(=O)=O)cc3)CC2)CC1. The first-order valence-corrected chi connectivity index (χ1v) is 16.5. The van der Waals surface area contributed by atoms with Gasteiger partial charge in [-0.1, -0.05) is 23.5 Å². The number of ether oxygens (including phenoxy) is 1. The molecule has 1 amide bonds. The summed E-state index contributed by atoms with van der Waals surface area (Å²) in [6, 6.07) is 7.07. The summed E-state index contributed by atoms with van der Waals surface area (Å²) in [7, 11) is -3.26. The number of benzene rings is 1. The Labute approximate surface area is 240 Å². The summed E-state index contributed by atoms with van der Waals surface area (Å²) in [5.41, 5.74) is 3.08. The average molecular weight is 584 g/mol. The lowest BCUT2D eigenvalue weighted by Crippen LogP contribution is -2.56. The first-order valence-electron chi connectivity index (χ1n) is 13.7. The first kappa shape index (κ1) is 28.6. The Morgan fingerprint density at radius 1 is 1.02 bits per heavy atom. The van der Waals surface area contributed by atoms with Crippen molar-refractivity contribution < 1.29 is 17.9 Å². The van der Waals surface area contributed by atoms with Crippen LogP contribution in [0.15, 0.2) is 47.1 Å². The van der Waals surface area contributed by atoms with Crippen LogP contribution in [0.2, 0.25) is 0 Å². The molecule has 4 heterocycles. The molecule has 2 fully saturated rings. The number of likely N-dealkylation sites (tertiary alicyclic amines) is 2. The van der Waals surface area contributed by atoms with Gasteiger partial charge in [-0.3, -0.25) is 9.69 Å². The number of carbonyl (C=O) groups excluding carboxylic acids is 1. The third-order valence-electron chi connectivity index (χ3n) is 8.57. The molecular weight excluding hydrogens is 546 g/mol. The van der Waals surface area contributed by atoms with E-state index >= 15 is 0 Å². The topological polar surface area (TPSA) is 106 Å². The van der Waals surface area contributed by atoms with Crippen molar-refractivity contribution in [1.82, 2.24) is 24.8 Å². The van der Waals surface area contributed by atoms with Crippen molar-refractivity contribution in [2.24, 2.45) is 5.92 Å². The minimum atomic E-state index is -3.26. The van der Waals surface area contributed by atoms with Gasteiger partial charge in [0.15, 0.2) is 9.84 Å². The minimum absolute atomic E-state index is 0.0282. The number of piperidine rings is 2. The van der Waals surface area contributed by atoms with Crippen LogP contribution < -0.4 is 4.74 Å². The van der Waals surface area contributed by atoms with Crippen LogP contribution in [-0.4, -0.2) is 77.1 Å². The highest BCUT2D eigenvalue weighted by Gasteiger charge is 2.40. The molecule has 2 aliphatic rings. The van der Waals surface area contributed by atoms with E-state index in [2.05, 4.69) is 26.8 Å². The van der Waals surface area contributed by atoms with Crippen molar-refractivity contribution in [3.63, 3.8) is 0 Å². The van der Waals surface area contributed by atoms with Crippen LogP contribution in [0, 0.1) is 19.8 Å². The number of rotatable bonds is 7. The highest BCUT2D eigenvalue weighted by molar-refractivity contribution is 7.90. The van der Waals surface area contributed by atoms with Crippen molar-refractivity contribution in [3.05, 3.63) is 64.7 Å². The van der Waals surface area contributed by atoms with Crippen molar-refractivity contribution in [3.8, 4) is 5.19 Å². The van der Waals surface area contributed by atoms with E-state index in [1.807, 2.05) is 36.3 Å². The van der Waals surface area contributed by atoms with E-state index in [4.69, 9.17) is 4.74 Å². The number of aryl methyl sites for hydroxylation is 2. The molecule has 0 spiro atoms. The van der Waals surface area contributed by atoms with Crippen LogP contribution in [0.5, 0.6) is 5.19 Å². The number of thiazole rings is 1. The fraction of sp³-hybridized carbons (Fsp3) is 0.517. The van der Waals surface area contributed by atoms with Gasteiger partial charge in [-0.25, -0.2) is 23.4 Å². The number of sulfone groups is 1. The molecule has 40 heavy (non-hydrogen) atoms. The monoisotopic (exact) mass is 583 g/mol. The second-order valence-corrected chi connectivity index (χ2v) is 14.1. The van der Waals surface area contributed by atoms with Gasteiger partial charge in [0, 0.05) is 42.4 Å². The van der Waals surface area contributed by atoms with Gasteiger partial charge in [-0.15, -0.1) is 0 Å². The molecule has 0 saturated carbocycles. The number of carbonyl (C=O) groups is 1. The summed E-state index contributed by atoms with van der Waals surface area (Å²) < 4.78 is 30.3. The summed E-state index contributed by atoms with van der Waals surface area (Å²) >= 11 is 1.46. The molecule has 2 aliphatic heterocycles. The third-order valence-corrected chi connectivity index (χ3v) is 10.4. The largest absolute Gasteiger partial charge is 0.462 e. The zero-order valence-corrected chi connectivity index (χ0v) is 25.2. The minimum Gasteiger partial charge on any atom is -0.462 e. The van der Waals surface area contributed by atoms with Crippen LogP contribution in [0.25, 0.3) is 0 Å².